The van der Waals surface area contributed by atoms with Crippen molar-refractivity contribution in [2.75, 3.05) is 31.1 Å². The third-order valence-corrected chi connectivity index (χ3v) is 6.33. The number of rotatable bonds is 3. The topological polar surface area (TPSA) is 36.4 Å². The molecule has 1 aliphatic rings. The predicted octanol–water partition coefficient (Wildman–Crippen LogP) is 3.94. The molecule has 27 heavy (non-hydrogen) atoms. The van der Waals surface area contributed by atoms with Crippen LogP contribution in [-0.2, 0) is 11.2 Å². The Bertz CT molecular complexity index is 975. The number of piperazine rings is 1. The molecule has 0 bridgehead atoms. The molecule has 1 saturated heterocycles. The lowest BCUT2D eigenvalue weighted by atomic mass is 10.1. The van der Waals surface area contributed by atoms with E-state index in [0.717, 1.165) is 29.3 Å². The van der Waals surface area contributed by atoms with Gasteiger partial charge in [0.15, 0.2) is 5.13 Å². The summed E-state index contributed by atoms with van der Waals surface area (Å²) >= 11 is 1.72. The predicted molar refractivity (Wildman–Crippen MR) is 108 cm³/mol. The lowest BCUT2D eigenvalue weighted by Crippen LogP contribution is -2.49. The first-order valence-electron chi connectivity index (χ1n) is 9.15. The lowest BCUT2D eigenvalue weighted by molar-refractivity contribution is -0.130. The molecule has 3 aromatic rings. The van der Waals surface area contributed by atoms with E-state index in [9.17, 15) is 9.18 Å². The summed E-state index contributed by atoms with van der Waals surface area (Å²) in [6.45, 7) is 7.18. The number of amides is 1. The van der Waals surface area contributed by atoms with E-state index in [1.54, 1.807) is 23.5 Å². The van der Waals surface area contributed by atoms with Crippen LogP contribution in [0.2, 0.25) is 0 Å². The summed E-state index contributed by atoms with van der Waals surface area (Å²) in [5.41, 5.74) is 4.43. The van der Waals surface area contributed by atoms with Crippen LogP contribution in [0, 0.1) is 19.7 Å². The van der Waals surface area contributed by atoms with Crippen LogP contribution >= 0.6 is 11.3 Å². The molecule has 140 valence electrons. The fourth-order valence-electron chi connectivity index (χ4n) is 3.39. The van der Waals surface area contributed by atoms with Gasteiger partial charge in [0, 0.05) is 26.2 Å². The third kappa shape index (κ3) is 3.67. The van der Waals surface area contributed by atoms with Gasteiger partial charge in [0.2, 0.25) is 5.91 Å². The minimum atomic E-state index is -0.277. The van der Waals surface area contributed by atoms with Crippen molar-refractivity contribution in [3.05, 3.63) is 58.9 Å². The second kappa shape index (κ2) is 7.27. The second-order valence-electron chi connectivity index (χ2n) is 7.02. The molecule has 0 spiro atoms. The number of carbonyl (C=O) groups is 1. The SMILES string of the molecule is Cc1ccc2sc(N3CCN(C(=O)Cc4ccc(F)cc4)CC3)nc2c1C. The van der Waals surface area contributed by atoms with Gasteiger partial charge in [-0.15, -0.1) is 0 Å². The molecule has 0 unspecified atom stereocenters. The molecule has 6 heteroatoms. The normalized spacial score (nSPS) is 14.8. The maximum absolute atomic E-state index is 13.0. The molecule has 2 heterocycles. The average molecular weight is 383 g/mol. The average Bonchev–Trinajstić information content (AvgIpc) is 3.12. The first kappa shape index (κ1) is 17.9. The zero-order chi connectivity index (χ0) is 19.0. The summed E-state index contributed by atoms with van der Waals surface area (Å²) in [6, 6.07) is 10.4. The molecule has 1 fully saturated rings. The van der Waals surface area contributed by atoms with Crippen LogP contribution in [0.1, 0.15) is 16.7 Å². The Kier molecular flexibility index (Phi) is 4.83. The monoisotopic (exact) mass is 383 g/mol. The second-order valence-corrected chi connectivity index (χ2v) is 8.03. The van der Waals surface area contributed by atoms with E-state index in [4.69, 9.17) is 4.98 Å². The molecule has 2 aromatic carbocycles. The highest BCUT2D eigenvalue weighted by molar-refractivity contribution is 7.22. The van der Waals surface area contributed by atoms with Gasteiger partial charge in [-0.25, -0.2) is 9.37 Å². The Balaban J connectivity index is 1.40. The Morgan fingerprint density at radius 3 is 2.48 bits per heavy atom. The van der Waals surface area contributed by atoms with Crippen molar-refractivity contribution in [1.82, 2.24) is 9.88 Å². The Labute approximate surface area is 162 Å². The molecule has 1 aliphatic heterocycles. The molecule has 4 rings (SSSR count). The summed E-state index contributed by atoms with van der Waals surface area (Å²) in [5.74, 6) is -0.182. The number of aromatic nitrogens is 1. The minimum Gasteiger partial charge on any atom is -0.345 e. The number of halogens is 1. The number of hydrogen-bond acceptors (Lipinski definition) is 4. The highest BCUT2D eigenvalue weighted by atomic mass is 32.1. The number of anilines is 1. The molecule has 0 saturated carbocycles. The molecule has 1 amide bonds. The van der Waals surface area contributed by atoms with Gasteiger partial charge in [0.1, 0.15) is 5.82 Å². The van der Waals surface area contributed by atoms with Crippen molar-refractivity contribution in [3.63, 3.8) is 0 Å². The maximum Gasteiger partial charge on any atom is 0.227 e. The Morgan fingerprint density at radius 1 is 1.07 bits per heavy atom. The van der Waals surface area contributed by atoms with Gasteiger partial charge >= 0.3 is 0 Å². The summed E-state index contributed by atoms with van der Waals surface area (Å²) in [7, 11) is 0. The fourth-order valence-corrected chi connectivity index (χ4v) is 4.46. The number of benzene rings is 2. The molecule has 1 aromatic heterocycles. The summed E-state index contributed by atoms with van der Waals surface area (Å²) < 4.78 is 14.2. The van der Waals surface area contributed by atoms with Crippen LogP contribution < -0.4 is 4.90 Å². The van der Waals surface area contributed by atoms with Crippen molar-refractivity contribution in [2.45, 2.75) is 20.3 Å². The van der Waals surface area contributed by atoms with E-state index in [1.165, 1.54) is 28.0 Å². The van der Waals surface area contributed by atoms with Gasteiger partial charge in [0.05, 0.1) is 16.6 Å². The van der Waals surface area contributed by atoms with Crippen LogP contribution in [0.15, 0.2) is 36.4 Å². The largest absolute Gasteiger partial charge is 0.345 e. The van der Waals surface area contributed by atoms with Gasteiger partial charge in [-0.05, 0) is 48.7 Å². The van der Waals surface area contributed by atoms with E-state index in [0.29, 0.717) is 19.5 Å². The highest BCUT2D eigenvalue weighted by Gasteiger charge is 2.23. The van der Waals surface area contributed by atoms with E-state index < -0.39 is 0 Å². The van der Waals surface area contributed by atoms with Crippen LogP contribution in [0.3, 0.4) is 0 Å². The van der Waals surface area contributed by atoms with Crippen molar-refractivity contribution in [1.29, 1.82) is 0 Å². The zero-order valence-corrected chi connectivity index (χ0v) is 16.4. The lowest BCUT2D eigenvalue weighted by Gasteiger charge is -2.34. The molecular formula is C21H22FN3OS. The third-order valence-electron chi connectivity index (χ3n) is 5.25. The summed E-state index contributed by atoms with van der Waals surface area (Å²) in [5, 5.41) is 1.03. The van der Waals surface area contributed by atoms with E-state index in [-0.39, 0.29) is 11.7 Å². The van der Waals surface area contributed by atoms with Crippen LogP contribution in [0.25, 0.3) is 10.2 Å². The summed E-state index contributed by atoms with van der Waals surface area (Å²) in [6.07, 6.45) is 0.319. The van der Waals surface area contributed by atoms with Crippen LogP contribution in [0.5, 0.6) is 0 Å². The smallest absolute Gasteiger partial charge is 0.227 e. The van der Waals surface area contributed by atoms with Gasteiger partial charge in [-0.2, -0.15) is 0 Å². The van der Waals surface area contributed by atoms with Gasteiger partial charge < -0.3 is 9.80 Å². The van der Waals surface area contributed by atoms with Gasteiger partial charge in [-0.3, -0.25) is 4.79 Å². The molecule has 0 N–H and O–H groups in total. The molecule has 0 aliphatic carbocycles. The highest BCUT2D eigenvalue weighted by Crippen LogP contribution is 2.32. The molecule has 0 atom stereocenters. The number of carbonyl (C=O) groups excluding carboxylic acids is 1. The van der Waals surface area contributed by atoms with E-state index >= 15 is 0 Å². The van der Waals surface area contributed by atoms with Crippen molar-refractivity contribution >= 4 is 32.6 Å². The standard InChI is InChI=1S/C21H22FN3OS/c1-14-3-8-18-20(15(14)2)23-21(27-18)25-11-9-24(10-12-25)19(26)13-16-4-6-17(22)7-5-16/h3-8H,9-13H2,1-2H3. The van der Waals surface area contributed by atoms with Crippen molar-refractivity contribution < 1.29 is 9.18 Å². The van der Waals surface area contributed by atoms with Gasteiger partial charge in [-0.1, -0.05) is 29.5 Å². The number of fused-ring (bicyclic) bond motifs is 1. The molecule has 0 radical (unpaired) electrons. The van der Waals surface area contributed by atoms with E-state index in [1.807, 2.05) is 4.90 Å². The summed E-state index contributed by atoms with van der Waals surface area (Å²) in [4.78, 5) is 21.5. The number of nitrogens with zero attached hydrogens (tertiary/aromatic N) is 3. The van der Waals surface area contributed by atoms with Crippen molar-refractivity contribution in [3.8, 4) is 0 Å². The molecular weight excluding hydrogens is 361 g/mol. The van der Waals surface area contributed by atoms with Gasteiger partial charge in [0.25, 0.3) is 0 Å². The number of aryl methyl sites for hydroxylation is 2. The minimum absolute atomic E-state index is 0.0945. The fraction of sp³-hybridized carbons (Fsp3) is 0.333. The maximum atomic E-state index is 13.0. The number of thiazole rings is 1. The van der Waals surface area contributed by atoms with Crippen LogP contribution in [0.4, 0.5) is 9.52 Å². The quantitative estimate of drug-likeness (QED) is 0.687. The first-order valence-corrected chi connectivity index (χ1v) is 9.97. The molecule has 4 nitrogen and oxygen atoms in total. The Hall–Kier alpha value is -2.47. The Morgan fingerprint density at radius 2 is 1.78 bits per heavy atom. The zero-order valence-electron chi connectivity index (χ0n) is 15.5. The van der Waals surface area contributed by atoms with Crippen molar-refractivity contribution in [2.24, 2.45) is 0 Å². The van der Waals surface area contributed by atoms with E-state index in [2.05, 4.69) is 30.9 Å². The first-order chi connectivity index (χ1) is 13.0. The number of hydrogen-bond donors (Lipinski definition) is 0. The van der Waals surface area contributed by atoms with Crippen LogP contribution in [-0.4, -0.2) is 42.0 Å².